The Morgan fingerprint density at radius 3 is 2.15 bits per heavy atom. The molecule has 0 aliphatic carbocycles. The first-order chi connectivity index (χ1) is 13.2. The molecule has 1 aromatic heterocycles. The van der Waals surface area contributed by atoms with Crippen molar-refractivity contribution in [2.75, 3.05) is 13.1 Å². The zero-order valence-corrected chi connectivity index (χ0v) is 17.0. The van der Waals surface area contributed by atoms with Crippen molar-refractivity contribution < 1.29 is 0 Å². The number of nitrogens with one attached hydrogen (secondary N) is 3. The van der Waals surface area contributed by atoms with Crippen molar-refractivity contribution in [2.45, 2.75) is 83.1 Å². The number of aromatic nitrogens is 1. The van der Waals surface area contributed by atoms with Gasteiger partial charge in [-0.1, -0.05) is 31.0 Å². The maximum atomic E-state index is 3.84. The molecule has 2 aromatic rings. The number of benzene rings is 1. The molecule has 4 rings (SSSR count). The second-order valence-corrected chi connectivity index (χ2v) is 8.94. The molecule has 1 aromatic carbocycles. The van der Waals surface area contributed by atoms with Gasteiger partial charge < -0.3 is 15.6 Å². The molecule has 0 spiro atoms. The maximum absolute atomic E-state index is 3.84. The van der Waals surface area contributed by atoms with Crippen LogP contribution in [0.25, 0.3) is 10.9 Å². The molecular formula is C23H36N4. The van der Waals surface area contributed by atoms with Gasteiger partial charge in [0.2, 0.25) is 0 Å². The van der Waals surface area contributed by atoms with Gasteiger partial charge in [-0.15, -0.1) is 0 Å². The molecule has 2 aliphatic heterocycles. The Hall–Kier alpha value is -1.36. The van der Waals surface area contributed by atoms with Crippen LogP contribution in [0.15, 0.2) is 30.5 Å². The fourth-order valence-corrected chi connectivity index (χ4v) is 5.10. The van der Waals surface area contributed by atoms with Crippen molar-refractivity contribution in [2.24, 2.45) is 0 Å². The summed E-state index contributed by atoms with van der Waals surface area (Å²) in [6.07, 6.45) is 10.2. The summed E-state index contributed by atoms with van der Waals surface area (Å²) in [5.41, 5.74) is 2.68. The number of piperidine rings is 2. The smallest absolute Gasteiger partial charge is 0.0457 e. The highest BCUT2D eigenvalue weighted by Gasteiger charge is 2.25. The van der Waals surface area contributed by atoms with E-state index in [-0.39, 0.29) is 0 Å². The van der Waals surface area contributed by atoms with Gasteiger partial charge in [0.25, 0.3) is 0 Å². The minimum Gasteiger partial charge on any atom is -0.361 e. The Bertz CT molecular complexity index is 700. The second-order valence-electron chi connectivity index (χ2n) is 8.94. The van der Waals surface area contributed by atoms with Crippen molar-refractivity contribution in [3.63, 3.8) is 0 Å². The third-order valence-corrected chi connectivity index (χ3v) is 6.45. The van der Waals surface area contributed by atoms with Crippen LogP contribution in [0.1, 0.15) is 57.9 Å². The first-order valence-corrected chi connectivity index (χ1v) is 11.0. The lowest BCUT2D eigenvalue weighted by atomic mass is 9.97. The van der Waals surface area contributed by atoms with Gasteiger partial charge in [-0.25, -0.2) is 0 Å². The highest BCUT2D eigenvalue weighted by molar-refractivity contribution is 5.82. The first-order valence-electron chi connectivity index (χ1n) is 11.0. The maximum Gasteiger partial charge on any atom is 0.0457 e. The van der Waals surface area contributed by atoms with Crippen LogP contribution < -0.4 is 10.6 Å². The Morgan fingerprint density at radius 2 is 1.52 bits per heavy atom. The molecule has 4 atom stereocenters. The zero-order valence-electron chi connectivity index (χ0n) is 17.0. The van der Waals surface area contributed by atoms with Crippen LogP contribution in [0.4, 0.5) is 0 Å². The van der Waals surface area contributed by atoms with E-state index >= 15 is 0 Å². The van der Waals surface area contributed by atoms with E-state index in [4.69, 9.17) is 0 Å². The number of rotatable bonds is 6. The Balaban J connectivity index is 1.47. The standard InChI is InChI=1S/C23H36N4/c1-17-7-5-9-20(25-17)15-27(16-21-10-6-8-18(2)26-21)14-19-13-24-23-12-4-3-11-22(19)23/h3-4,11-13,17-18,20-21,24-26H,5-10,14-16H2,1-2H3. The largest absolute Gasteiger partial charge is 0.361 e. The van der Waals surface area contributed by atoms with E-state index in [1.54, 1.807) is 0 Å². The van der Waals surface area contributed by atoms with Gasteiger partial charge in [0.05, 0.1) is 0 Å². The average Bonchev–Trinajstić information content (AvgIpc) is 3.05. The Morgan fingerprint density at radius 1 is 0.889 bits per heavy atom. The van der Waals surface area contributed by atoms with E-state index in [0.29, 0.717) is 24.2 Å². The van der Waals surface area contributed by atoms with Crippen LogP contribution in [0.3, 0.4) is 0 Å². The molecule has 148 valence electrons. The van der Waals surface area contributed by atoms with Crippen molar-refractivity contribution >= 4 is 10.9 Å². The fraction of sp³-hybridized carbons (Fsp3) is 0.652. The molecule has 27 heavy (non-hydrogen) atoms. The summed E-state index contributed by atoms with van der Waals surface area (Å²) in [5, 5.41) is 9.05. The van der Waals surface area contributed by atoms with Gasteiger partial charge in [0.1, 0.15) is 0 Å². The van der Waals surface area contributed by atoms with E-state index in [0.717, 1.165) is 19.6 Å². The van der Waals surface area contributed by atoms with E-state index < -0.39 is 0 Å². The van der Waals surface area contributed by atoms with Crippen LogP contribution in [0.5, 0.6) is 0 Å². The minimum atomic E-state index is 0.625. The molecule has 0 bridgehead atoms. The third-order valence-electron chi connectivity index (χ3n) is 6.45. The lowest BCUT2D eigenvalue weighted by Gasteiger charge is -2.37. The van der Waals surface area contributed by atoms with Crippen LogP contribution in [-0.4, -0.2) is 47.1 Å². The summed E-state index contributed by atoms with van der Waals surface area (Å²) >= 11 is 0. The lowest BCUT2D eigenvalue weighted by Crippen LogP contribution is -2.51. The molecule has 4 nitrogen and oxygen atoms in total. The van der Waals surface area contributed by atoms with Crippen LogP contribution in [0.2, 0.25) is 0 Å². The fourth-order valence-electron chi connectivity index (χ4n) is 5.10. The SMILES string of the molecule is CC1CCCC(CN(Cc2c[nH]c3ccccc23)CC2CCCC(C)N2)N1. The minimum absolute atomic E-state index is 0.625. The quantitative estimate of drug-likeness (QED) is 0.721. The summed E-state index contributed by atoms with van der Waals surface area (Å²) in [7, 11) is 0. The highest BCUT2D eigenvalue weighted by Crippen LogP contribution is 2.22. The molecule has 2 saturated heterocycles. The number of hydrogen-bond donors (Lipinski definition) is 3. The Kier molecular flexibility index (Phi) is 6.16. The number of hydrogen-bond acceptors (Lipinski definition) is 3. The normalized spacial score (nSPS) is 29.4. The van der Waals surface area contributed by atoms with Gasteiger partial charge in [0.15, 0.2) is 0 Å². The number of para-hydroxylation sites is 1. The molecule has 0 radical (unpaired) electrons. The zero-order chi connectivity index (χ0) is 18.6. The molecule has 3 heterocycles. The van der Waals surface area contributed by atoms with Crippen molar-refractivity contribution in [3.05, 3.63) is 36.0 Å². The van der Waals surface area contributed by atoms with Crippen LogP contribution >= 0.6 is 0 Å². The van der Waals surface area contributed by atoms with E-state index in [1.165, 1.54) is 55.0 Å². The van der Waals surface area contributed by atoms with Gasteiger partial charge >= 0.3 is 0 Å². The first kappa shape index (κ1) is 19.0. The van der Waals surface area contributed by atoms with Gasteiger partial charge in [-0.3, -0.25) is 4.90 Å². The molecule has 2 fully saturated rings. The number of H-pyrrole nitrogens is 1. The predicted octanol–water partition coefficient (Wildman–Crippen LogP) is 4.03. The van der Waals surface area contributed by atoms with Crippen molar-refractivity contribution in [1.29, 1.82) is 0 Å². The lowest BCUT2D eigenvalue weighted by molar-refractivity contribution is 0.170. The molecule has 4 heteroatoms. The molecule has 3 N–H and O–H groups in total. The monoisotopic (exact) mass is 368 g/mol. The van der Waals surface area contributed by atoms with E-state index in [1.807, 2.05) is 0 Å². The summed E-state index contributed by atoms with van der Waals surface area (Å²) in [5.74, 6) is 0. The Labute approximate surface area is 164 Å². The summed E-state index contributed by atoms with van der Waals surface area (Å²) in [6, 6.07) is 11.3. The van der Waals surface area contributed by atoms with Crippen LogP contribution in [-0.2, 0) is 6.54 Å². The van der Waals surface area contributed by atoms with E-state index in [2.05, 4.69) is 64.8 Å². The highest BCUT2D eigenvalue weighted by atomic mass is 15.2. The predicted molar refractivity (Wildman–Crippen MR) is 114 cm³/mol. The summed E-state index contributed by atoms with van der Waals surface area (Å²) in [4.78, 5) is 6.15. The van der Waals surface area contributed by atoms with Gasteiger partial charge in [-0.05, 0) is 51.2 Å². The van der Waals surface area contributed by atoms with Crippen molar-refractivity contribution in [3.8, 4) is 0 Å². The number of nitrogens with zero attached hydrogens (tertiary/aromatic N) is 1. The van der Waals surface area contributed by atoms with Crippen LogP contribution in [0, 0.1) is 0 Å². The summed E-state index contributed by atoms with van der Waals surface area (Å²) in [6.45, 7) is 8.00. The molecule has 2 aliphatic rings. The summed E-state index contributed by atoms with van der Waals surface area (Å²) < 4.78 is 0. The number of aromatic amines is 1. The number of fused-ring (bicyclic) bond motifs is 1. The van der Waals surface area contributed by atoms with Gasteiger partial charge in [-0.2, -0.15) is 0 Å². The molecule has 0 saturated carbocycles. The third kappa shape index (κ3) is 4.92. The molecule has 0 amide bonds. The molecular weight excluding hydrogens is 332 g/mol. The average molecular weight is 369 g/mol. The molecule has 4 unspecified atom stereocenters. The topological polar surface area (TPSA) is 43.1 Å². The second kappa shape index (κ2) is 8.76. The van der Waals surface area contributed by atoms with E-state index in [9.17, 15) is 0 Å². The van der Waals surface area contributed by atoms with Gasteiger partial charge in [0, 0.05) is 60.9 Å². The van der Waals surface area contributed by atoms with Crippen molar-refractivity contribution in [1.82, 2.24) is 20.5 Å².